The Balaban J connectivity index is 2.30. The first-order valence-electron chi connectivity index (χ1n) is 6.94. The molecule has 2 rings (SSSR count). The highest BCUT2D eigenvalue weighted by molar-refractivity contribution is 9.10. The van der Waals surface area contributed by atoms with Crippen molar-refractivity contribution in [2.45, 2.75) is 45.1 Å². The van der Waals surface area contributed by atoms with Gasteiger partial charge in [-0.1, -0.05) is 48.5 Å². The summed E-state index contributed by atoms with van der Waals surface area (Å²) in [6.45, 7) is 2.13. The van der Waals surface area contributed by atoms with E-state index in [-0.39, 0.29) is 11.5 Å². The van der Waals surface area contributed by atoms with Crippen LogP contribution in [0.4, 0.5) is 8.78 Å². The molecule has 0 radical (unpaired) electrons. The quantitative estimate of drug-likeness (QED) is 0.833. The first-order valence-corrected chi connectivity index (χ1v) is 7.74. The van der Waals surface area contributed by atoms with Crippen LogP contribution >= 0.6 is 15.9 Å². The van der Waals surface area contributed by atoms with E-state index < -0.39 is 17.7 Å². The third-order valence-electron chi connectivity index (χ3n) is 4.33. The SMILES string of the molecule is CCC1CCCCC1C(N)c1c(F)cc(Br)cc1F. The lowest BCUT2D eigenvalue weighted by molar-refractivity contribution is 0.192. The van der Waals surface area contributed by atoms with Gasteiger partial charge >= 0.3 is 0 Å². The lowest BCUT2D eigenvalue weighted by Crippen LogP contribution is -2.31. The van der Waals surface area contributed by atoms with Crippen LogP contribution in [0.25, 0.3) is 0 Å². The fraction of sp³-hybridized carbons (Fsp3) is 0.600. The number of hydrogen-bond donors (Lipinski definition) is 1. The molecule has 0 aromatic heterocycles. The predicted octanol–water partition coefficient (Wildman–Crippen LogP) is 4.94. The number of halogens is 3. The zero-order chi connectivity index (χ0) is 14.0. The summed E-state index contributed by atoms with van der Waals surface area (Å²) in [7, 11) is 0. The Morgan fingerprint density at radius 3 is 2.42 bits per heavy atom. The lowest BCUT2D eigenvalue weighted by atomic mass is 9.72. The van der Waals surface area contributed by atoms with Crippen molar-refractivity contribution in [3.63, 3.8) is 0 Å². The summed E-state index contributed by atoms with van der Waals surface area (Å²) in [5, 5.41) is 0. The normalized spacial score (nSPS) is 25.3. The van der Waals surface area contributed by atoms with Gasteiger partial charge in [0.2, 0.25) is 0 Å². The molecule has 3 unspecified atom stereocenters. The highest BCUT2D eigenvalue weighted by atomic mass is 79.9. The van der Waals surface area contributed by atoms with Crippen LogP contribution < -0.4 is 5.73 Å². The van der Waals surface area contributed by atoms with Crippen molar-refractivity contribution in [1.29, 1.82) is 0 Å². The third kappa shape index (κ3) is 3.16. The second-order valence-corrected chi connectivity index (χ2v) is 6.34. The molecule has 1 saturated carbocycles. The standard InChI is InChI=1S/C15H20BrF2N/c1-2-9-5-3-4-6-11(9)15(19)14-12(17)7-10(16)8-13(14)18/h7-9,11,15H,2-6,19H2,1H3. The fourth-order valence-corrected chi connectivity index (χ4v) is 3.70. The molecule has 1 aromatic rings. The lowest BCUT2D eigenvalue weighted by Gasteiger charge is -2.35. The van der Waals surface area contributed by atoms with Gasteiger partial charge in [-0.25, -0.2) is 8.78 Å². The maximum Gasteiger partial charge on any atom is 0.132 e. The van der Waals surface area contributed by atoms with Crippen molar-refractivity contribution in [2.24, 2.45) is 17.6 Å². The van der Waals surface area contributed by atoms with Crippen molar-refractivity contribution in [3.05, 3.63) is 33.8 Å². The minimum absolute atomic E-state index is 0.0496. The van der Waals surface area contributed by atoms with Gasteiger partial charge in [-0.05, 0) is 30.4 Å². The van der Waals surface area contributed by atoms with Crippen LogP contribution in [0.2, 0.25) is 0 Å². The van der Waals surface area contributed by atoms with Gasteiger partial charge in [0.25, 0.3) is 0 Å². The first kappa shape index (κ1) is 14.9. The molecule has 19 heavy (non-hydrogen) atoms. The van der Waals surface area contributed by atoms with Gasteiger partial charge in [0, 0.05) is 16.1 Å². The summed E-state index contributed by atoms with van der Waals surface area (Å²) >= 11 is 3.10. The van der Waals surface area contributed by atoms with Crippen molar-refractivity contribution >= 4 is 15.9 Å². The monoisotopic (exact) mass is 331 g/mol. The van der Waals surface area contributed by atoms with Crippen molar-refractivity contribution in [3.8, 4) is 0 Å². The molecular formula is C15H20BrF2N. The number of hydrogen-bond acceptors (Lipinski definition) is 1. The van der Waals surface area contributed by atoms with E-state index in [1.54, 1.807) is 0 Å². The van der Waals surface area contributed by atoms with Crippen LogP contribution in [0.1, 0.15) is 50.6 Å². The average Bonchev–Trinajstić information content (AvgIpc) is 2.37. The smallest absolute Gasteiger partial charge is 0.132 e. The second kappa shape index (κ2) is 6.31. The predicted molar refractivity (Wildman–Crippen MR) is 76.7 cm³/mol. The van der Waals surface area contributed by atoms with E-state index in [2.05, 4.69) is 22.9 Å². The van der Waals surface area contributed by atoms with E-state index in [9.17, 15) is 8.78 Å². The highest BCUT2D eigenvalue weighted by Crippen LogP contribution is 2.40. The Hall–Kier alpha value is -0.480. The Morgan fingerprint density at radius 2 is 1.84 bits per heavy atom. The first-order chi connectivity index (χ1) is 9.04. The summed E-state index contributed by atoms with van der Waals surface area (Å²) in [6.07, 6.45) is 5.42. The van der Waals surface area contributed by atoms with E-state index in [1.807, 2.05) is 0 Å². The Bertz CT molecular complexity index is 427. The molecule has 106 valence electrons. The van der Waals surface area contributed by atoms with E-state index in [4.69, 9.17) is 5.73 Å². The minimum atomic E-state index is -0.543. The molecule has 0 bridgehead atoms. The number of rotatable bonds is 3. The molecule has 0 saturated heterocycles. The summed E-state index contributed by atoms with van der Waals surface area (Å²) < 4.78 is 28.4. The zero-order valence-electron chi connectivity index (χ0n) is 11.1. The molecule has 1 aliphatic rings. The molecule has 0 spiro atoms. The molecule has 1 nitrogen and oxygen atoms in total. The van der Waals surface area contributed by atoms with E-state index in [0.29, 0.717) is 10.4 Å². The van der Waals surface area contributed by atoms with Gasteiger partial charge in [-0.2, -0.15) is 0 Å². The van der Waals surface area contributed by atoms with Crippen molar-refractivity contribution in [1.82, 2.24) is 0 Å². The minimum Gasteiger partial charge on any atom is -0.324 e. The molecule has 0 aliphatic heterocycles. The molecule has 1 aliphatic carbocycles. The van der Waals surface area contributed by atoms with Gasteiger partial charge in [0.15, 0.2) is 0 Å². The fourth-order valence-electron chi connectivity index (χ4n) is 3.30. The zero-order valence-corrected chi connectivity index (χ0v) is 12.7. The van der Waals surface area contributed by atoms with Crippen LogP contribution in [0.5, 0.6) is 0 Å². The molecule has 1 aromatic carbocycles. The number of nitrogens with two attached hydrogens (primary N) is 1. The van der Waals surface area contributed by atoms with Crippen molar-refractivity contribution < 1.29 is 8.78 Å². The van der Waals surface area contributed by atoms with Gasteiger partial charge in [-0.3, -0.25) is 0 Å². The molecule has 0 heterocycles. The van der Waals surface area contributed by atoms with E-state index in [1.165, 1.54) is 18.6 Å². The Labute approximate surface area is 121 Å². The largest absolute Gasteiger partial charge is 0.324 e. The maximum absolute atomic E-state index is 14.0. The summed E-state index contributed by atoms with van der Waals surface area (Å²) in [4.78, 5) is 0. The summed E-state index contributed by atoms with van der Waals surface area (Å²) in [5.74, 6) is -0.422. The van der Waals surface area contributed by atoms with E-state index in [0.717, 1.165) is 25.7 Å². The maximum atomic E-state index is 14.0. The van der Waals surface area contributed by atoms with Crippen LogP contribution in [-0.2, 0) is 0 Å². The van der Waals surface area contributed by atoms with Crippen molar-refractivity contribution in [2.75, 3.05) is 0 Å². The second-order valence-electron chi connectivity index (χ2n) is 5.43. The number of benzene rings is 1. The third-order valence-corrected chi connectivity index (χ3v) is 4.79. The molecule has 0 amide bonds. The topological polar surface area (TPSA) is 26.0 Å². The Kier molecular flexibility index (Phi) is 4.96. The Morgan fingerprint density at radius 1 is 1.26 bits per heavy atom. The van der Waals surface area contributed by atoms with Gasteiger partial charge < -0.3 is 5.73 Å². The van der Waals surface area contributed by atoms with Gasteiger partial charge in [-0.15, -0.1) is 0 Å². The summed E-state index contributed by atoms with van der Waals surface area (Å²) in [6, 6.07) is 2.04. The summed E-state index contributed by atoms with van der Waals surface area (Å²) in [5.41, 5.74) is 6.24. The molecule has 2 N–H and O–H groups in total. The van der Waals surface area contributed by atoms with Gasteiger partial charge in [0.1, 0.15) is 11.6 Å². The van der Waals surface area contributed by atoms with Crippen LogP contribution in [0.15, 0.2) is 16.6 Å². The van der Waals surface area contributed by atoms with Crippen LogP contribution in [0.3, 0.4) is 0 Å². The molecule has 4 heteroatoms. The van der Waals surface area contributed by atoms with Crippen LogP contribution in [0, 0.1) is 23.5 Å². The molecule has 1 fully saturated rings. The van der Waals surface area contributed by atoms with Crippen LogP contribution in [-0.4, -0.2) is 0 Å². The van der Waals surface area contributed by atoms with Gasteiger partial charge in [0.05, 0.1) is 0 Å². The average molecular weight is 332 g/mol. The highest BCUT2D eigenvalue weighted by Gasteiger charge is 2.32. The van der Waals surface area contributed by atoms with E-state index >= 15 is 0 Å². The molecule has 3 atom stereocenters. The molecular weight excluding hydrogens is 312 g/mol.